The summed E-state index contributed by atoms with van der Waals surface area (Å²) in [5.74, 6) is -0.826. The predicted octanol–water partition coefficient (Wildman–Crippen LogP) is 5.04. The lowest BCUT2D eigenvalue weighted by molar-refractivity contribution is 0.0653. The van der Waals surface area contributed by atoms with Crippen molar-refractivity contribution in [3.63, 3.8) is 0 Å². The van der Waals surface area contributed by atoms with Gasteiger partial charge in [0.05, 0.1) is 0 Å². The number of Topliss-reactive ketones (excluding diaryl/α,β-unsaturated/α-hetero) is 2. The Morgan fingerprint density at radius 3 is 1.54 bits per heavy atom. The fourth-order valence-electron chi connectivity index (χ4n) is 2.61. The first-order chi connectivity index (χ1) is 13.5. The molecule has 0 spiro atoms. The van der Waals surface area contributed by atoms with Gasteiger partial charge in [-0.3, -0.25) is 14.1 Å². The SMILES string of the molecule is CP(=O)(Oc1ccccc1)OC(C(=O)c1ccccc1)C(=O)c1ccccc1. The molecule has 0 amide bonds. The minimum Gasteiger partial charge on any atom is -0.425 e. The van der Waals surface area contributed by atoms with E-state index in [0.717, 1.165) is 0 Å². The molecule has 28 heavy (non-hydrogen) atoms. The maximum atomic E-state index is 13.0. The number of hydrogen-bond donors (Lipinski definition) is 0. The predicted molar refractivity (Wildman–Crippen MR) is 107 cm³/mol. The van der Waals surface area contributed by atoms with Gasteiger partial charge in [0.15, 0.2) is 17.7 Å². The summed E-state index contributed by atoms with van der Waals surface area (Å²) in [4.78, 5) is 25.9. The smallest absolute Gasteiger partial charge is 0.377 e. The molecule has 1 unspecified atom stereocenters. The second-order valence-corrected chi connectivity index (χ2v) is 8.06. The Labute approximate surface area is 163 Å². The number of ketones is 2. The van der Waals surface area contributed by atoms with Crippen LogP contribution in [-0.2, 0) is 9.09 Å². The zero-order valence-electron chi connectivity index (χ0n) is 15.2. The standard InChI is InChI=1S/C22H19O5P/c1-28(25,26-19-15-9-4-10-16-19)27-22(20(23)17-11-5-2-6-12-17)21(24)18-13-7-3-8-14-18/h2-16,22H,1H3. The molecule has 0 aromatic heterocycles. The number of carbonyl (C=O) groups excluding carboxylic acids is 2. The fourth-order valence-corrected chi connectivity index (χ4v) is 3.73. The number of carbonyl (C=O) groups is 2. The van der Waals surface area contributed by atoms with Crippen LogP contribution < -0.4 is 4.52 Å². The highest BCUT2D eigenvalue weighted by molar-refractivity contribution is 7.53. The number of rotatable bonds is 8. The monoisotopic (exact) mass is 394 g/mol. The quantitative estimate of drug-likeness (QED) is 0.304. The summed E-state index contributed by atoms with van der Waals surface area (Å²) >= 11 is 0. The second kappa shape index (κ2) is 8.79. The van der Waals surface area contributed by atoms with Crippen molar-refractivity contribution >= 4 is 19.2 Å². The van der Waals surface area contributed by atoms with Gasteiger partial charge in [-0.1, -0.05) is 78.9 Å². The van der Waals surface area contributed by atoms with Crippen molar-refractivity contribution in [3.05, 3.63) is 102 Å². The van der Waals surface area contributed by atoms with E-state index in [1.54, 1.807) is 91.0 Å². The molecule has 0 saturated carbocycles. The van der Waals surface area contributed by atoms with Gasteiger partial charge in [0.1, 0.15) is 5.75 Å². The third-order valence-electron chi connectivity index (χ3n) is 3.90. The number of benzene rings is 3. The molecular formula is C22H19O5P. The molecule has 6 heteroatoms. The average Bonchev–Trinajstić information content (AvgIpc) is 2.73. The van der Waals surface area contributed by atoms with Crippen LogP contribution in [0.1, 0.15) is 20.7 Å². The minimum absolute atomic E-state index is 0.288. The first-order valence-corrected chi connectivity index (χ1v) is 10.6. The zero-order chi connectivity index (χ0) is 20.0. The lowest BCUT2D eigenvalue weighted by atomic mass is 9.99. The van der Waals surface area contributed by atoms with Crippen LogP contribution in [0.3, 0.4) is 0 Å². The maximum Gasteiger partial charge on any atom is 0.377 e. The normalized spacial score (nSPS) is 12.9. The maximum absolute atomic E-state index is 13.0. The van der Waals surface area contributed by atoms with Crippen LogP contribution in [0.15, 0.2) is 91.0 Å². The summed E-state index contributed by atoms with van der Waals surface area (Å²) in [6.45, 7) is 1.24. The summed E-state index contributed by atoms with van der Waals surface area (Å²) in [5.41, 5.74) is 0.577. The Bertz CT molecular complexity index is 936. The van der Waals surface area contributed by atoms with Crippen LogP contribution in [0.25, 0.3) is 0 Å². The van der Waals surface area contributed by atoms with E-state index in [4.69, 9.17) is 9.05 Å². The van der Waals surface area contributed by atoms with Crippen molar-refractivity contribution in [2.75, 3.05) is 6.66 Å². The van der Waals surface area contributed by atoms with Gasteiger partial charge in [-0.05, 0) is 12.1 Å². The highest BCUT2D eigenvalue weighted by atomic mass is 31.2. The van der Waals surface area contributed by atoms with E-state index < -0.39 is 25.3 Å². The molecule has 0 radical (unpaired) electrons. The molecule has 0 aliphatic rings. The third kappa shape index (κ3) is 5.03. The van der Waals surface area contributed by atoms with E-state index in [1.807, 2.05) is 0 Å². The summed E-state index contributed by atoms with van der Waals surface area (Å²) < 4.78 is 23.9. The van der Waals surface area contributed by atoms with Gasteiger partial charge >= 0.3 is 7.60 Å². The summed E-state index contributed by atoms with van der Waals surface area (Å²) in [6, 6.07) is 25.0. The Hall–Kier alpha value is -3.01. The lowest BCUT2D eigenvalue weighted by Crippen LogP contribution is -2.33. The largest absolute Gasteiger partial charge is 0.425 e. The van der Waals surface area contributed by atoms with Crippen molar-refractivity contribution in [3.8, 4) is 5.75 Å². The molecular weight excluding hydrogens is 375 g/mol. The molecule has 0 fully saturated rings. The Balaban J connectivity index is 1.90. The van der Waals surface area contributed by atoms with Gasteiger partial charge in [0.2, 0.25) is 0 Å². The molecule has 0 heterocycles. The van der Waals surface area contributed by atoms with Crippen LogP contribution in [0.4, 0.5) is 0 Å². The van der Waals surface area contributed by atoms with Crippen LogP contribution >= 0.6 is 7.60 Å². The molecule has 5 nitrogen and oxygen atoms in total. The summed E-state index contributed by atoms with van der Waals surface area (Å²) in [5, 5.41) is 0. The van der Waals surface area contributed by atoms with Gasteiger partial charge in [-0.25, -0.2) is 4.57 Å². The summed E-state index contributed by atoms with van der Waals surface area (Å²) in [6.07, 6.45) is -1.58. The van der Waals surface area contributed by atoms with E-state index in [1.165, 1.54) is 6.66 Å². The molecule has 0 bridgehead atoms. The van der Waals surface area contributed by atoms with E-state index in [2.05, 4.69) is 0 Å². The van der Waals surface area contributed by atoms with Gasteiger partial charge in [0, 0.05) is 17.8 Å². The number of hydrogen-bond acceptors (Lipinski definition) is 5. The fraction of sp³-hybridized carbons (Fsp3) is 0.0909. The topological polar surface area (TPSA) is 69.7 Å². The van der Waals surface area contributed by atoms with Gasteiger partial charge in [-0.15, -0.1) is 0 Å². The van der Waals surface area contributed by atoms with E-state index in [0.29, 0.717) is 5.75 Å². The first kappa shape index (κ1) is 19.7. The van der Waals surface area contributed by atoms with Crippen molar-refractivity contribution in [1.82, 2.24) is 0 Å². The van der Waals surface area contributed by atoms with Gasteiger partial charge < -0.3 is 4.52 Å². The lowest BCUT2D eigenvalue weighted by Gasteiger charge is -2.21. The van der Waals surface area contributed by atoms with Crippen molar-refractivity contribution < 1.29 is 23.2 Å². The number of para-hydroxylation sites is 1. The zero-order valence-corrected chi connectivity index (χ0v) is 16.1. The molecule has 0 saturated heterocycles. The van der Waals surface area contributed by atoms with Crippen LogP contribution in [0.5, 0.6) is 5.75 Å². The minimum atomic E-state index is -3.76. The molecule has 0 aliphatic heterocycles. The molecule has 3 aromatic rings. The van der Waals surface area contributed by atoms with Crippen LogP contribution in [-0.4, -0.2) is 24.3 Å². The first-order valence-electron chi connectivity index (χ1n) is 8.65. The Kier molecular flexibility index (Phi) is 6.19. The van der Waals surface area contributed by atoms with E-state index in [-0.39, 0.29) is 11.1 Å². The molecule has 3 rings (SSSR count). The summed E-state index contributed by atoms with van der Waals surface area (Å²) in [7, 11) is -3.76. The molecule has 0 aliphatic carbocycles. The molecule has 3 aromatic carbocycles. The van der Waals surface area contributed by atoms with Gasteiger partial charge in [0.25, 0.3) is 0 Å². The van der Waals surface area contributed by atoms with Crippen LogP contribution in [0.2, 0.25) is 0 Å². The van der Waals surface area contributed by atoms with E-state index >= 15 is 0 Å². The van der Waals surface area contributed by atoms with Crippen LogP contribution in [0, 0.1) is 0 Å². The van der Waals surface area contributed by atoms with Crippen molar-refractivity contribution in [2.45, 2.75) is 6.10 Å². The average molecular weight is 394 g/mol. The molecule has 1 atom stereocenters. The third-order valence-corrected chi connectivity index (χ3v) is 5.04. The highest BCUT2D eigenvalue weighted by Crippen LogP contribution is 2.46. The van der Waals surface area contributed by atoms with Crippen molar-refractivity contribution in [2.24, 2.45) is 0 Å². The van der Waals surface area contributed by atoms with E-state index in [9.17, 15) is 14.2 Å². The second-order valence-electron chi connectivity index (χ2n) is 6.12. The molecule has 0 N–H and O–H groups in total. The highest BCUT2D eigenvalue weighted by Gasteiger charge is 2.36. The Morgan fingerprint density at radius 1 is 0.714 bits per heavy atom. The van der Waals surface area contributed by atoms with Gasteiger partial charge in [-0.2, -0.15) is 0 Å². The molecule has 142 valence electrons. The Morgan fingerprint density at radius 2 is 1.11 bits per heavy atom. The van der Waals surface area contributed by atoms with Crippen molar-refractivity contribution in [1.29, 1.82) is 0 Å².